The molecule has 5 heteroatoms. The molecule has 2 unspecified atom stereocenters. The first kappa shape index (κ1) is 11.2. The molecule has 0 aliphatic carbocycles. The minimum absolute atomic E-state index is 0.0146. The highest BCUT2D eigenvalue weighted by Crippen LogP contribution is 2.09. The SMILES string of the molecule is COC1CNC(C(=O)NCc2ccoc2)C1. The normalized spacial score (nSPS) is 24.6. The fraction of sp³-hybridized carbons (Fsp3) is 0.545. The second-order valence-corrected chi connectivity index (χ2v) is 3.90. The number of rotatable bonds is 4. The van der Waals surface area contributed by atoms with Gasteiger partial charge in [0, 0.05) is 25.8 Å². The molecule has 0 saturated carbocycles. The molecule has 88 valence electrons. The third-order valence-corrected chi connectivity index (χ3v) is 2.79. The number of carbonyl (C=O) groups is 1. The second-order valence-electron chi connectivity index (χ2n) is 3.90. The number of nitrogens with one attached hydrogen (secondary N) is 2. The molecule has 1 aromatic rings. The second kappa shape index (κ2) is 5.14. The molecule has 1 aliphatic rings. The summed E-state index contributed by atoms with van der Waals surface area (Å²) in [5, 5.41) is 5.98. The molecule has 0 aromatic carbocycles. The van der Waals surface area contributed by atoms with Gasteiger partial charge in [-0.1, -0.05) is 0 Å². The summed E-state index contributed by atoms with van der Waals surface area (Å²) in [5.41, 5.74) is 0.967. The zero-order valence-electron chi connectivity index (χ0n) is 9.23. The Kier molecular flexibility index (Phi) is 3.58. The van der Waals surface area contributed by atoms with Crippen molar-refractivity contribution in [2.75, 3.05) is 13.7 Å². The molecular weight excluding hydrogens is 208 g/mol. The molecule has 1 amide bonds. The van der Waals surface area contributed by atoms with Crippen molar-refractivity contribution in [1.82, 2.24) is 10.6 Å². The number of furan rings is 1. The summed E-state index contributed by atoms with van der Waals surface area (Å²) in [5.74, 6) is 0.0146. The molecule has 2 atom stereocenters. The summed E-state index contributed by atoms with van der Waals surface area (Å²) in [6.45, 7) is 1.24. The van der Waals surface area contributed by atoms with Crippen LogP contribution in [0.2, 0.25) is 0 Å². The molecule has 1 saturated heterocycles. The standard InChI is InChI=1S/C11H16N2O3/c1-15-9-4-10(12-6-9)11(14)13-5-8-2-3-16-7-8/h2-3,7,9-10,12H,4-6H2,1H3,(H,13,14). The lowest BCUT2D eigenvalue weighted by Crippen LogP contribution is -2.39. The topological polar surface area (TPSA) is 63.5 Å². The van der Waals surface area contributed by atoms with Crippen molar-refractivity contribution < 1.29 is 13.9 Å². The van der Waals surface area contributed by atoms with Crippen LogP contribution in [0.3, 0.4) is 0 Å². The van der Waals surface area contributed by atoms with Crippen LogP contribution in [0.15, 0.2) is 23.0 Å². The van der Waals surface area contributed by atoms with E-state index in [4.69, 9.17) is 9.15 Å². The molecule has 1 aromatic heterocycles. The smallest absolute Gasteiger partial charge is 0.237 e. The van der Waals surface area contributed by atoms with Gasteiger partial charge in [0.15, 0.2) is 0 Å². The Balaban J connectivity index is 1.76. The summed E-state index contributed by atoms with van der Waals surface area (Å²) < 4.78 is 10.1. The van der Waals surface area contributed by atoms with Crippen LogP contribution in [-0.2, 0) is 16.1 Å². The Morgan fingerprint density at radius 2 is 2.62 bits per heavy atom. The van der Waals surface area contributed by atoms with Gasteiger partial charge in [0.25, 0.3) is 0 Å². The summed E-state index contributed by atoms with van der Waals surface area (Å²) >= 11 is 0. The predicted molar refractivity (Wildman–Crippen MR) is 57.8 cm³/mol. The molecule has 0 radical (unpaired) electrons. The van der Waals surface area contributed by atoms with Crippen molar-refractivity contribution in [2.24, 2.45) is 0 Å². The van der Waals surface area contributed by atoms with Gasteiger partial charge in [-0.2, -0.15) is 0 Å². The first-order chi connectivity index (χ1) is 7.79. The number of amides is 1. The molecule has 2 N–H and O–H groups in total. The maximum absolute atomic E-state index is 11.7. The van der Waals surface area contributed by atoms with E-state index in [1.165, 1.54) is 0 Å². The van der Waals surface area contributed by atoms with E-state index < -0.39 is 0 Å². The van der Waals surface area contributed by atoms with Crippen molar-refractivity contribution in [1.29, 1.82) is 0 Å². The first-order valence-electron chi connectivity index (χ1n) is 5.34. The van der Waals surface area contributed by atoms with E-state index in [0.717, 1.165) is 18.5 Å². The highest BCUT2D eigenvalue weighted by molar-refractivity contribution is 5.82. The van der Waals surface area contributed by atoms with Crippen LogP contribution in [0.1, 0.15) is 12.0 Å². The maximum atomic E-state index is 11.7. The molecule has 1 fully saturated rings. The van der Waals surface area contributed by atoms with Gasteiger partial charge < -0.3 is 19.8 Å². The third-order valence-electron chi connectivity index (χ3n) is 2.79. The monoisotopic (exact) mass is 224 g/mol. The Morgan fingerprint density at radius 1 is 1.75 bits per heavy atom. The lowest BCUT2D eigenvalue weighted by molar-refractivity contribution is -0.123. The molecule has 16 heavy (non-hydrogen) atoms. The largest absolute Gasteiger partial charge is 0.472 e. The van der Waals surface area contributed by atoms with Gasteiger partial charge in [-0.05, 0) is 12.5 Å². The van der Waals surface area contributed by atoms with Crippen LogP contribution in [0, 0.1) is 0 Å². The number of carbonyl (C=O) groups excluding carboxylic acids is 1. The van der Waals surface area contributed by atoms with E-state index in [9.17, 15) is 4.79 Å². The summed E-state index contributed by atoms with van der Waals surface area (Å²) in [6.07, 6.45) is 4.09. The summed E-state index contributed by atoms with van der Waals surface area (Å²) in [7, 11) is 1.66. The zero-order valence-corrected chi connectivity index (χ0v) is 9.23. The first-order valence-corrected chi connectivity index (χ1v) is 5.34. The average molecular weight is 224 g/mol. The van der Waals surface area contributed by atoms with Crippen LogP contribution >= 0.6 is 0 Å². The molecular formula is C11H16N2O3. The van der Waals surface area contributed by atoms with Crippen LogP contribution < -0.4 is 10.6 Å². The molecule has 0 spiro atoms. The van der Waals surface area contributed by atoms with E-state index >= 15 is 0 Å². The molecule has 5 nitrogen and oxygen atoms in total. The van der Waals surface area contributed by atoms with Crippen molar-refractivity contribution in [3.8, 4) is 0 Å². The quantitative estimate of drug-likeness (QED) is 0.770. The van der Waals surface area contributed by atoms with Crippen molar-refractivity contribution in [3.05, 3.63) is 24.2 Å². The number of hydrogen-bond donors (Lipinski definition) is 2. The Labute approximate surface area is 94.1 Å². The fourth-order valence-corrected chi connectivity index (χ4v) is 1.79. The van der Waals surface area contributed by atoms with Gasteiger partial charge in [-0.15, -0.1) is 0 Å². The van der Waals surface area contributed by atoms with E-state index in [1.54, 1.807) is 19.6 Å². The number of methoxy groups -OCH3 is 1. The zero-order chi connectivity index (χ0) is 11.4. The maximum Gasteiger partial charge on any atom is 0.237 e. The van der Waals surface area contributed by atoms with Gasteiger partial charge in [-0.3, -0.25) is 4.79 Å². The van der Waals surface area contributed by atoms with Crippen LogP contribution in [0.25, 0.3) is 0 Å². The average Bonchev–Trinajstić information content (AvgIpc) is 2.96. The van der Waals surface area contributed by atoms with E-state index in [-0.39, 0.29) is 18.1 Å². The van der Waals surface area contributed by atoms with Crippen LogP contribution in [0.4, 0.5) is 0 Å². The van der Waals surface area contributed by atoms with Gasteiger partial charge >= 0.3 is 0 Å². The number of hydrogen-bond acceptors (Lipinski definition) is 4. The van der Waals surface area contributed by atoms with Crippen molar-refractivity contribution in [2.45, 2.75) is 25.1 Å². The predicted octanol–water partition coefficient (Wildman–Crippen LogP) is 0.273. The van der Waals surface area contributed by atoms with Gasteiger partial charge in [0.05, 0.1) is 24.7 Å². The highest BCUT2D eigenvalue weighted by atomic mass is 16.5. The van der Waals surface area contributed by atoms with Crippen molar-refractivity contribution >= 4 is 5.91 Å². The molecule has 2 rings (SSSR count). The Bertz CT molecular complexity index is 337. The molecule has 1 aliphatic heterocycles. The molecule has 2 heterocycles. The lowest BCUT2D eigenvalue weighted by Gasteiger charge is -2.10. The Morgan fingerprint density at radius 3 is 3.25 bits per heavy atom. The molecule has 0 bridgehead atoms. The van der Waals surface area contributed by atoms with Crippen molar-refractivity contribution in [3.63, 3.8) is 0 Å². The van der Waals surface area contributed by atoms with Gasteiger partial charge in [-0.25, -0.2) is 0 Å². The Hall–Kier alpha value is -1.33. The summed E-state index contributed by atoms with van der Waals surface area (Å²) in [4.78, 5) is 11.7. The minimum atomic E-state index is -0.142. The fourth-order valence-electron chi connectivity index (χ4n) is 1.79. The van der Waals surface area contributed by atoms with E-state index in [2.05, 4.69) is 10.6 Å². The van der Waals surface area contributed by atoms with Gasteiger partial charge in [0.1, 0.15) is 0 Å². The van der Waals surface area contributed by atoms with Crippen LogP contribution in [0.5, 0.6) is 0 Å². The van der Waals surface area contributed by atoms with Crippen LogP contribution in [-0.4, -0.2) is 31.7 Å². The van der Waals surface area contributed by atoms with Gasteiger partial charge in [0.2, 0.25) is 5.91 Å². The highest BCUT2D eigenvalue weighted by Gasteiger charge is 2.28. The third kappa shape index (κ3) is 2.62. The lowest BCUT2D eigenvalue weighted by atomic mass is 10.2. The number of ether oxygens (including phenoxy) is 1. The summed E-state index contributed by atoms with van der Waals surface area (Å²) in [6, 6.07) is 1.69. The van der Waals surface area contributed by atoms with E-state index in [1.807, 2.05) is 6.07 Å². The van der Waals surface area contributed by atoms with E-state index in [0.29, 0.717) is 6.54 Å². The minimum Gasteiger partial charge on any atom is -0.472 e.